The van der Waals surface area contributed by atoms with Gasteiger partial charge in [0.2, 0.25) is 11.0 Å². The molecule has 2 aromatic heterocycles. The van der Waals surface area contributed by atoms with Gasteiger partial charge >= 0.3 is 0 Å². The average molecular weight is 346 g/mol. The summed E-state index contributed by atoms with van der Waals surface area (Å²) >= 11 is 1.43. The van der Waals surface area contributed by atoms with Crippen molar-refractivity contribution in [1.29, 1.82) is 0 Å². The third-order valence-electron chi connectivity index (χ3n) is 4.14. The second-order valence-corrected chi connectivity index (χ2v) is 7.25. The summed E-state index contributed by atoms with van der Waals surface area (Å²) in [5.41, 5.74) is 2.66. The van der Waals surface area contributed by atoms with Crippen molar-refractivity contribution in [3.05, 3.63) is 23.6 Å². The van der Waals surface area contributed by atoms with Gasteiger partial charge in [-0.05, 0) is 25.2 Å². The predicted octanol–water partition coefficient (Wildman–Crippen LogP) is 2.51. The first kappa shape index (κ1) is 16.8. The van der Waals surface area contributed by atoms with Crippen molar-refractivity contribution in [3.8, 4) is 0 Å². The van der Waals surface area contributed by atoms with E-state index in [2.05, 4.69) is 25.5 Å². The molecule has 1 unspecified atom stereocenters. The molecule has 3 heterocycles. The molecule has 0 saturated carbocycles. The molecule has 0 radical (unpaired) electrons. The normalized spacial score (nSPS) is 18.0. The lowest BCUT2D eigenvalue weighted by molar-refractivity contribution is -0.136. The van der Waals surface area contributed by atoms with Gasteiger partial charge in [-0.2, -0.15) is 0 Å². The van der Waals surface area contributed by atoms with Crippen molar-refractivity contribution < 1.29 is 4.79 Å². The summed E-state index contributed by atoms with van der Waals surface area (Å²) in [5.74, 6) is 1.49. The van der Waals surface area contributed by atoms with Gasteiger partial charge < -0.3 is 10.2 Å². The standard InChI is InChI=1S/C16H22N6OS/c1-11(2)15(23)22-5-3-4-12(8-22)6-13-7-14(18-9-17-13)20-16-21-19-10-24-16/h7,9-12H,3-6,8H2,1-2H3,(H,17,18,20,21). The van der Waals surface area contributed by atoms with Gasteiger partial charge in [-0.1, -0.05) is 25.2 Å². The number of nitrogens with zero attached hydrogens (tertiary/aromatic N) is 5. The lowest BCUT2D eigenvalue weighted by atomic mass is 9.92. The van der Waals surface area contributed by atoms with Crippen molar-refractivity contribution in [1.82, 2.24) is 25.1 Å². The number of aromatic nitrogens is 4. The maximum Gasteiger partial charge on any atom is 0.225 e. The largest absolute Gasteiger partial charge is 0.342 e. The second-order valence-electron chi connectivity index (χ2n) is 6.41. The Balaban J connectivity index is 1.62. The number of anilines is 2. The molecule has 1 N–H and O–H groups in total. The van der Waals surface area contributed by atoms with E-state index in [1.807, 2.05) is 24.8 Å². The number of hydrogen-bond donors (Lipinski definition) is 1. The number of carbonyl (C=O) groups is 1. The molecule has 3 rings (SSSR count). The molecular weight excluding hydrogens is 324 g/mol. The van der Waals surface area contributed by atoms with Crippen LogP contribution in [-0.4, -0.2) is 44.1 Å². The van der Waals surface area contributed by atoms with Gasteiger partial charge in [0.05, 0.1) is 0 Å². The van der Waals surface area contributed by atoms with Crippen LogP contribution in [0.1, 0.15) is 32.4 Å². The van der Waals surface area contributed by atoms with E-state index in [-0.39, 0.29) is 11.8 Å². The van der Waals surface area contributed by atoms with Gasteiger partial charge in [0.25, 0.3) is 0 Å². The van der Waals surface area contributed by atoms with E-state index >= 15 is 0 Å². The molecule has 0 aromatic carbocycles. The van der Waals surface area contributed by atoms with Crippen LogP contribution in [0, 0.1) is 11.8 Å². The fraction of sp³-hybridized carbons (Fsp3) is 0.562. The smallest absolute Gasteiger partial charge is 0.225 e. The maximum absolute atomic E-state index is 12.2. The molecule has 1 fully saturated rings. The van der Waals surface area contributed by atoms with Gasteiger partial charge in [-0.3, -0.25) is 4.79 Å². The molecular formula is C16H22N6OS. The van der Waals surface area contributed by atoms with Crippen LogP contribution < -0.4 is 5.32 Å². The number of hydrogen-bond acceptors (Lipinski definition) is 7. The highest BCUT2D eigenvalue weighted by Crippen LogP contribution is 2.23. The van der Waals surface area contributed by atoms with Crippen molar-refractivity contribution in [3.63, 3.8) is 0 Å². The third-order valence-corrected chi connectivity index (χ3v) is 4.75. The molecule has 1 atom stereocenters. The Morgan fingerprint density at radius 1 is 1.46 bits per heavy atom. The summed E-state index contributed by atoms with van der Waals surface area (Å²) in [6, 6.07) is 1.95. The Morgan fingerprint density at radius 3 is 3.08 bits per heavy atom. The van der Waals surface area contributed by atoms with Crippen molar-refractivity contribution in [2.75, 3.05) is 18.4 Å². The number of nitrogens with one attached hydrogen (secondary N) is 1. The SMILES string of the molecule is CC(C)C(=O)N1CCCC(Cc2cc(Nc3nncs3)ncn2)C1. The predicted molar refractivity (Wildman–Crippen MR) is 93.1 cm³/mol. The first-order chi connectivity index (χ1) is 11.6. The maximum atomic E-state index is 12.2. The van der Waals surface area contributed by atoms with E-state index in [9.17, 15) is 4.79 Å². The minimum Gasteiger partial charge on any atom is -0.342 e. The van der Waals surface area contributed by atoms with Crippen LogP contribution in [-0.2, 0) is 11.2 Å². The number of carbonyl (C=O) groups excluding carboxylic acids is 1. The first-order valence-electron chi connectivity index (χ1n) is 8.24. The Bertz CT molecular complexity index is 675. The molecule has 24 heavy (non-hydrogen) atoms. The summed E-state index contributed by atoms with van der Waals surface area (Å²) in [5, 5.41) is 11.6. The van der Waals surface area contributed by atoms with E-state index in [1.165, 1.54) is 11.3 Å². The van der Waals surface area contributed by atoms with Crippen LogP contribution in [0.5, 0.6) is 0 Å². The topological polar surface area (TPSA) is 83.9 Å². The van der Waals surface area contributed by atoms with Crippen molar-refractivity contribution in [2.45, 2.75) is 33.1 Å². The van der Waals surface area contributed by atoms with E-state index in [0.29, 0.717) is 11.0 Å². The zero-order valence-corrected chi connectivity index (χ0v) is 14.8. The zero-order valence-electron chi connectivity index (χ0n) is 14.0. The Labute approximate surface area is 145 Å². The van der Waals surface area contributed by atoms with Crippen LogP contribution >= 0.6 is 11.3 Å². The van der Waals surface area contributed by atoms with Crippen molar-refractivity contribution in [2.24, 2.45) is 11.8 Å². The van der Waals surface area contributed by atoms with Gasteiger partial charge in [-0.25, -0.2) is 9.97 Å². The summed E-state index contributed by atoms with van der Waals surface area (Å²) in [7, 11) is 0. The lowest BCUT2D eigenvalue weighted by Gasteiger charge is -2.33. The minimum absolute atomic E-state index is 0.0607. The highest BCUT2D eigenvalue weighted by atomic mass is 32.1. The summed E-state index contributed by atoms with van der Waals surface area (Å²) in [6.45, 7) is 5.62. The van der Waals surface area contributed by atoms with Gasteiger partial charge in [0.15, 0.2) is 0 Å². The van der Waals surface area contributed by atoms with Gasteiger partial charge in [0, 0.05) is 30.8 Å². The monoisotopic (exact) mass is 346 g/mol. The van der Waals surface area contributed by atoms with Crippen LogP contribution in [0.25, 0.3) is 0 Å². The molecule has 2 aromatic rings. The molecule has 0 spiro atoms. The van der Waals surface area contributed by atoms with E-state index in [1.54, 1.807) is 11.8 Å². The Morgan fingerprint density at radius 2 is 2.33 bits per heavy atom. The number of amides is 1. The van der Waals surface area contributed by atoms with E-state index < -0.39 is 0 Å². The van der Waals surface area contributed by atoms with E-state index in [0.717, 1.165) is 43.9 Å². The molecule has 8 heteroatoms. The Kier molecular flexibility index (Phi) is 5.34. The van der Waals surface area contributed by atoms with Crippen LogP contribution in [0.2, 0.25) is 0 Å². The molecule has 1 saturated heterocycles. The Hall–Kier alpha value is -2.09. The first-order valence-corrected chi connectivity index (χ1v) is 9.12. The molecule has 1 aliphatic rings. The fourth-order valence-electron chi connectivity index (χ4n) is 3.01. The molecule has 0 aliphatic carbocycles. The van der Waals surface area contributed by atoms with Gasteiger partial charge in [0.1, 0.15) is 17.7 Å². The summed E-state index contributed by atoms with van der Waals surface area (Å²) < 4.78 is 0. The number of likely N-dealkylation sites (tertiary alicyclic amines) is 1. The molecule has 0 bridgehead atoms. The lowest BCUT2D eigenvalue weighted by Crippen LogP contribution is -2.42. The van der Waals surface area contributed by atoms with Crippen LogP contribution in [0.15, 0.2) is 17.9 Å². The average Bonchev–Trinajstić information content (AvgIpc) is 3.07. The number of rotatable bonds is 5. The minimum atomic E-state index is 0.0607. The zero-order chi connectivity index (χ0) is 16.9. The highest BCUT2D eigenvalue weighted by Gasteiger charge is 2.25. The quantitative estimate of drug-likeness (QED) is 0.895. The van der Waals surface area contributed by atoms with Crippen molar-refractivity contribution >= 4 is 28.2 Å². The number of piperidine rings is 1. The fourth-order valence-corrected chi connectivity index (χ4v) is 3.46. The highest BCUT2D eigenvalue weighted by molar-refractivity contribution is 7.13. The molecule has 128 valence electrons. The van der Waals surface area contributed by atoms with Crippen LogP contribution in [0.4, 0.5) is 10.9 Å². The second kappa shape index (κ2) is 7.65. The third kappa shape index (κ3) is 4.25. The van der Waals surface area contributed by atoms with E-state index in [4.69, 9.17) is 0 Å². The molecule has 1 amide bonds. The van der Waals surface area contributed by atoms with Crippen LogP contribution in [0.3, 0.4) is 0 Å². The summed E-state index contributed by atoms with van der Waals surface area (Å²) in [4.78, 5) is 22.8. The summed E-state index contributed by atoms with van der Waals surface area (Å²) in [6.07, 6.45) is 4.61. The molecule has 7 nitrogen and oxygen atoms in total. The van der Waals surface area contributed by atoms with Gasteiger partial charge in [-0.15, -0.1) is 10.2 Å². The molecule has 1 aliphatic heterocycles.